The van der Waals surface area contributed by atoms with Gasteiger partial charge in [-0.1, -0.05) is 13.3 Å². The average molecular weight is 281 g/mol. The maximum atomic E-state index is 6.13. The molecule has 5 unspecified atom stereocenters. The Bertz CT molecular complexity index is 314. The molecule has 3 aliphatic rings. The van der Waals surface area contributed by atoms with Gasteiger partial charge in [-0.05, 0) is 62.9 Å². The van der Waals surface area contributed by atoms with Gasteiger partial charge in [-0.3, -0.25) is 0 Å². The summed E-state index contributed by atoms with van der Waals surface area (Å²) in [5, 5.41) is 3.43. The van der Waals surface area contributed by atoms with Crippen LogP contribution in [0.25, 0.3) is 0 Å². The molecule has 3 fully saturated rings. The van der Waals surface area contributed by atoms with Gasteiger partial charge in [-0.25, -0.2) is 0 Å². The first-order chi connectivity index (χ1) is 9.72. The topological polar surface area (TPSA) is 30.5 Å². The smallest absolute Gasteiger partial charge is 0.0939 e. The van der Waals surface area contributed by atoms with Crippen LogP contribution in [0.5, 0.6) is 0 Å². The van der Waals surface area contributed by atoms with Crippen LogP contribution in [0.1, 0.15) is 45.4 Å². The van der Waals surface area contributed by atoms with E-state index in [1.54, 1.807) is 0 Å². The summed E-state index contributed by atoms with van der Waals surface area (Å²) < 4.78 is 11.8. The minimum Gasteiger partial charge on any atom is -0.378 e. The van der Waals surface area contributed by atoms with Crippen LogP contribution in [-0.2, 0) is 9.47 Å². The Morgan fingerprint density at radius 2 is 2.10 bits per heavy atom. The fraction of sp³-hybridized carbons (Fsp3) is 1.00. The highest BCUT2D eigenvalue weighted by molar-refractivity contribution is 4.94. The van der Waals surface area contributed by atoms with Gasteiger partial charge in [-0.2, -0.15) is 0 Å². The van der Waals surface area contributed by atoms with Gasteiger partial charge in [0.25, 0.3) is 0 Å². The first-order valence-electron chi connectivity index (χ1n) is 8.59. The molecule has 0 radical (unpaired) electrons. The molecule has 116 valence electrons. The first-order valence-corrected chi connectivity index (χ1v) is 8.59. The fourth-order valence-corrected chi connectivity index (χ4v) is 4.87. The van der Waals surface area contributed by atoms with E-state index >= 15 is 0 Å². The van der Waals surface area contributed by atoms with Crippen LogP contribution in [0.4, 0.5) is 0 Å². The van der Waals surface area contributed by atoms with Gasteiger partial charge >= 0.3 is 0 Å². The molecule has 20 heavy (non-hydrogen) atoms. The Balaban J connectivity index is 1.68. The van der Waals surface area contributed by atoms with E-state index in [0.717, 1.165) is 49.9 Å². The number of ether oxygens (including phenoxy) is 2. The molecule has 2 aliphatic heterocycles. The summed E-state index contributed by atoms with van der Waals surface area (Å²) in [6.07, 6.45) is 7.87. The second-order valence-electron chi connectivity index (χ2n) is 7.49. The van der Waals surface area contributed by atoms with Gasteiger partial charge in [0, 0.05) is 19.6 Å². The molecule has 1 aliphatic carbocycles. The summed E-state index contributed by atoms with van der Waals surface area (Å²) in [4.78, 5) is 0. The van der Waals surface area contributed by atoms with Crippen LogP contribution in [0.3, 0.4) is 0 Å². The number of hydrogen-bond acceptors (Lipinski definition) is 3. The predicted molar refractivity (Wildman–Crippen MR) is 80.8 cm³/mol. The van der Waals surface area contributed by atoms with E-state index in [1.807, 2.05) is 0 Å². The lowest BCUT2D eigenvalue weighted by molar-refractivity contribution is -0.114. The van der Waals surface area contributed by atoms with Crippen molar-refractivity contribution < 1.29 is 9.47 Å². The van der Waals surface area contributed by atoms with Crippen LogP contribution in [0, 0.1) is 23.7 Å². The van der Waals surface area contributed by atoms with Gasteiger partial charge in [0.1, 0.15) is 0 Å². The van der Waals surface area contributed by atoms with Crippen molar-refractivity contribution in [3.05, 3.63) is 0 Å². The van der Waals surface area contributed by atoms with Gasteiger partial charge in [0.15, 0.2) is 0 Å². The number of nitrogens with one attached hydrogen (secondary N) is 1. The summed E-state index contributed by atoms with van der Waals surface area (Å²) >= 11 is 0. The Morgan fingerprint density at radius 3 is 2.85 bits per heavy atom. The van der Waals surface area contributed by atoms with E-state index in [-0.39, 0.29) is 5.60 Å². The van der Waals surface area contributed by atoms with Gasteiger partial charge in [-0.15, -0.1) is 0 Å². The molecular weight excluding hydrogens is 250 g/mol. The molecule has 1 spiro atoms. The molecule has 0 amide bonds. The van der Waals surface area contributed by atoms with Crippen LogP contribution in [0.2, 0.25) is 0 Å². The molecule has 0 aromatic heterocycles. The highest BCUT2D eigenvalue weighted by Gasteiger charge is 2.45. The number of rotatable bonds is 3. The van der Waals surface area contributed by atoms with Crippen LogP contribution in [0.15, 0.2) is 0 Å². The van der Waals surface area contributed by atoms with Crippen LogP contribution in [-0.4, -0.2) is 39.0 Å². The molecule has 2 heterocycles. The van der Waals surface area contributed by atoms with Crippen molar-refractivity contribution in [1.82, 2.24) is 5.32 Å². The maximum absolute atomic E-state index is 6.13. The van der Waals surface area contributed by atoms with Crippen molar-refractivity contribution in [3.8, 4) is 0 Å². The average Bonchev–Trinajstić information content (AvgIpc) is 2.89. The van der Waals surface area contributed by atoms with Gasteiger partial charge in [0.2, 0.25) is 0 Å². The Morgan fingerprint density at radius 1 is 1.20 bits per heavy atom. The third-order valence-corrected chi connectivity index (χ3v) is 5.98. The summed E-state index contributed by atoms with van der Waals surface area (Å²) in [5.41, 5.74) is 0.0772. The lowest BCUT2D eigenvalue weighted by Crippen LogP contribution is -2.45. The zero-order valence-electron chi connectivity index (χ0n) is 13.2. The summed E-state index contributed by atoms with van der Waals surface area (Å²) in [7, 11) is 2.10. The SMILES string of the molecule is CNCC1CCC(C)CC1C1CCOC2(CCOC2)C1. The molecule has 3 nitrogen and oxygen atoms in total. The minimum absolute atomic E-state index is 0.0772. The first kappa shape index (κ1) is 14.8. The van der Waals surface area contributed by atoms with Crippen molar-refractivity contribution in [2.45, 2.75) is 51.0 Å². The zero-order valence-corrected chi connectivity index (χ0v) is 13.2. The molecule has 1 N–H and O–H groups in total. The van der Waals surface area contributed by atoms with E-state index in [9.17, 15) is 0 Å². The highest BCUT2D eigenvalue weighted by Crippen LogP contribution is 2.46. The molecule has 0 bridgehead atoms. The standard InChI is InChI=1S/C17H31NO2/c1-13-3-4-15(11-18-2)16(9-13)14-5-7-20-17(10-14)6-8-19-12-17/h13-16,18H,3-12H2,1-2H3. The van der Waals surface area contributed by atoms with Crippen molar-refractivity contribution in [2.24, 2.45) is 23.7 Å². The third kappa shape index (κ3) is 3.05. The quantitative estimate of drug-likeness (QED) is 0.863. The van der Waals surface area contributed by atoms with Crippen LogP contribution >= 0.6 is 0 Å². The van der Waals surface area contributed by atoms with Crippen molar-refractivity contribution in [1.29, 1.82) is 0 Å². The normalized spacial score (nSPS) is 45.9. The Hall–Kier alpha value is -0.120. The molecule has 2 saturated heterocycles. The lowest BCUT2D eigenvalue weighted by Gasteiger charge is -2.45. The fourth-order valence-electron chi connectivity index (χ4n) is 4.87. The predicted octanol–water partition coefficient (Wildman–Crippen LogP) is 2.84. The zero-order chi connectivity index (χ0) is 14.0. The molecule has 5 atom stereocenters. The van der Waals surface area contributed by atoms with Crippen molar-refractivity contribution in [3.63, 3.8) is 0 Å². The van der Waals surface area contributed by atoms with Crippen molar-refractivity contribution in [2.75, 3.05) is 33.4 Å². The monoisotopic (exact) mass is 281 g/mol. The molecular formula is C17H31NO2. The third-order valence-electron chi connectivity index (χ3n) is 5.98. The van der Waals surface area contributed by atoms with Gasteiger partial charge < -0.3 is 14.8 Å². The van der Waals surface area contributed by atoms with Crippen molar-refractivity contribution >= 4 is 0 Å². The van der Waals surface area contributed by atoms with E-state index in [1.165, 1.54) is 38.6 Å². The second kappa shape index (κ2) is 6.33. The van der Waals surface area contributed by atoms with E-state index in [2.05, 4.69) is 19.3 Å². The van der Waals surface area contributed by atoms with Crippen LogP contribution < -0.4 is 5.32 Å². The lowest BCUT2D eigenvalue weighted by atomic mass is 9.65. The maximum Gasteiger partial charge on any atom is 0.0939 e. The van der Waals surface area contributed by atoms with E-state index in [0.29, 0.717) is 0 Å². The molecule has 1 saturated carbocycles. The molecule has 3 heteroatoms. The summed E-state index contributed by atoms with van der Waals surface area (Å²) in [6, 6.07) is 0. The highest BCUT2D eigenvalue weighted by atomic mass is 16.6. The summed E-state index contributed by atoms with van der Waals surface area (Å²) in [6.45, 7) is 6.32. The minimum atomic E-state index is 0.0772. The molecule has 0 aromatic rings. The van der Waals surface area contributed by atoms with E-state index < -0.39 is 0 Å². The number of hydrogen-bond donors (Lipinski definition) is 1. The van der Waals surface area contributed by atoms with Gasteiger partial charge in [0.05, 0.1) is 12.2 Å². The molecule has 0 aromatic carbocycles. The largest absolute Gasteiger partial charge is 0.378 e. The van der Waals surface area contributed by atoms with E-state index in [4.69, 9.17) is 9.47 Å². The Labute approximate surface area is 123 Å². The second-order valence-corrected chi connectivity index (χ2v) is 7.49. The summed E-state index contributed by atoms with van der Waals surface area (Å²) in [5.74, 6) is 3.53. The molecule has 3 rings (SSSR count). The Kier molecular flexibility index (Phi) is 4.68.